The predicted molar refractivity (Wildman–Crippen MR) is 62.2 cm³/mol. The van der Waals surface area contributed by atoms with Gasteiger partial charge in [-0.25, -0.2) is 4.39 Å². The van der Waals surface area contributed by atoms with Crippen LogP contribution in [0.1, 0.15) is 16.1 Å². The normalized spacial score (nSPS) is 10.2. The van der Waals surface area contributed by atoms with Crippen LogP contribution in [0.5, 0.6) is 0 Å². The Kier molecular flexibility index (Phi) is 2.82. The molecule has 0 unspecified atom stereocenters. The summed E-state index contributed by atoms with van der Waals surface area (Å²) in [6.07, 6.45) is 1.40. The largest absolute Gasteiger partial charge is 0.469 e. The van der Waals surface area contributed by atoms with Gasteiger partial charge in [0.1, 0.15) is 11.6 Å². The molecule has 2 rings (SSSR count). The highest BCUT2D eigenvalue weighted by molar-refractivity contribution is 6.05. The molecular formula is C12H11FN2O2. The average Bonchev–Trinajstić information content (AvgIpc) is 2.70. The minimum atomic E-state index is -0.534. The number of halogens is 1. The Morgan fingerprint density at radius 1 is 1.41 bits per heavy atom. The maximum Gasteiger partial charge on any atom is 0.259 e. The molecule has 1 heterocycles. The van der Waals surface area contributed by atoms with Gasteiger partial charge in [0.25, 0.3) is 5.91 Å². The molecule has 0 aliphatic heterocycles. The number of nitrogens with one attached hydrogen (secondary N) is 1. The van der Waals surface area contributed by atoms with E-state index in [0.29, 0.717) is 17.0 Å². The molecule has 17 heavy (non-hydrogen) atoms. The lowest BCUT2D eigenvalue weighted by molar-refractivity contribution is 0.102. The number of hydrogen-bond donors (Lipinski definition) is 2. The third kappa shape index (κ3) is 2.28. The molecule has 88 valence electrons. The van der Waals surface area contributed by atoms with E-state index in [-0.39, 0.29) is 5.69 Å². The van der Waals surface area contributed by atoms with Crippen LogP contribution in [-0.2, 0) is 0 Å². The van der Waals surface area contributed by atoms with Crippen LogP contribution in [0.25, 0.3) is 0 Å². The quantitative estimate of drug-likeness (QED) is 0.784. The van der Waals surface area contributed by atoms with Crippen molar-refractivity contribution >= 4 is 17.3 Å². The maximum atomic E-state index is 13.4. The highest BCUT2D eigenvalue weighted by Crippen LogP contribution is 2.19. The van der Waals surface area contributed by atoms with Crippen LogP contribution >= 0.6 is 0 Å². The number of carbonyl (C=O) groups excluding carboxylic acids is 1. The molecule has 3 N–H and O–H groups in total. The van der Waals surface area contributed by atoms with E-state index in [9.17, 15) is 9.18 Å². The van der Waals surface area contributed by atoms with Crippen molar-refractivity contribution < 1.29 is 13.6 Å². The number of carbonyl (C=O) groups is 1. The smallest absolute Gasteiger partial charge is 0.259 e. The van der Waals surface area contributed by atoms with E-state index in [0.717, 1.165) is 0 Å². The van der Waals surface area contributed by atoms with Crippen molar-refractivity contribution in [3.8, 4) is 0 Å². The lowest BCUT2D eigenvalue weighted by Crippen LogP contribution is -2.13. The summed E-state index contributed by atoms with van der Waals surface area (Å²) in [6, 6.07) is 5.51. The second-order valence-corrected chi connectivity index (χ2v) is 3.58. The number of aryl methyl sites for hydroxylation is 1. The molecule has 0 saturated heterocycles. The van der Waals surface area contributed by atoms with E-state index >= 15 is 0 Å². The molecule has 2 aromatic rings. The molecule has 0 bridgehead atoms. The molecule has 1 aromatic heterocycles. The summed E-state index contributed by atoms with van der Waals surface area (Å²) in [5.74, 6) is -0.485. The molecule has 1 amide bonds. The standard InChI is InChI=1S/C12H11FN2O2/c1-7-9(4-5-17-7)12(16)15-11-6-8(14)2-3-10(11)13/h2-6H,14H2,1H3,(H,15,16). The molecule has 0 saturated carbocycles. The molecule has 0 fully saturated rings. The van der Waals surface area contributed by atoms with Gasteiger partial charge in [0.2, 0.25) is 0 Å². The van der Waals surface area contributed by atoms with E-state index in [4.69, 9.17) is 10.2 Å². The highest BCUT2D eigenvalue weighted by Gasteiger charge is 2.13. The van der Waals surface area contributed by atoms with Crippen LogP contribution in [0.3, 0.4) is 0 Å². The molecule has 0 radical (unpaired) electrons. The zero-order chi connectivity index (χ0) is 12.4. The topological polar surface area (TPSA) is 68.3 Å². The molecular weight excluding hydrogens is 223 g/mol. The van der Waals surface area contributed by atoms with Gasteiger partial charge in [0, 0.05) is 5.69 Å². The minimum absolute atomic E-state index is 0.0515. The first-order chi connectivity index (χ1) is 8.08. The van der Waals surface area contributed by atoms with Gasteiger partial charge in [0.15, 0.2) is 0 Å². The van der Waals surface area contributed by atoms with Crippen molar-refractivity contribution in [3.63, 3.8) is 0 Å². The first kappa shape index (κ1) is 11.2. The third-order valence-electron chi connectivity index (χ3n) is 2.34. The Morgan fingerprint density at radius 3 is 2.82 bits per heavy atom. The Balaban J connectivity index is 2.24. The van der Waals surface area contributed by atoms with E-state index < -0.39 is 11.7 Å². The van der Waals surface area contributed by atoms with Gasteiger partial charge in [-0.1, -0.05) is 0 Å². The second kappa shape index (κ2) is 4.29. The lowest BCUT2D eigenvalue weighted by Gasteiger charge is -2.06. The van der Waals surface area contributed by atoms with Gasteiger partial charge in [-0.05, 0) is 31.2 Å². The summed E-state index contributed by atoms with van der Waals surface area (Å²) in [5, 5.41) is 2.44. The van der Waals surface area contributed by atoms with Crippen LogP contribution in [0.15, 0.2) is 34.9 Å². The van der Waals surface area contributed by atoms with E-state index in [1.54, 1.807) is 6.92 Å². The Hall–Kier alpha value is -2.30. The van der Waals surface area contributed by atoms with Crippen LogP contribution in [0.2, 0.25) is 0 Å². The van der Waals surface area contributed by atoms with Crippen LogP contribution in [0, 0.1) is 12.7 Å². The molecule has 0 aliphatic carbocycles. The first-order valence-electron chi connectivity index (χ1n) is 4.98. The first-order valence-corrected chi connectivity index (χ1v) is 4.98. The fourth-order valence-corrected chi connectivity index (χ4v) is 1.45. The van der Waals surface area contributed by atoms with Crippen molar-refractivity contribution in [1.29, 1.82) is 0 Å². The SMILES string of the molecule is Cc1occc1C(=O)Nc1cc(N)ccc1F. The predicted octanol–water partition coefficient (Wildman–Crippen LogP) is 2.56. The number of furan rings is 1. The lowest BCUT2D eigenvalue weighted by atomic mass is 10.2. The fourth-order valence-electron chi connectivity index (χ4n) is 1.45. The molecule has 1 aromatic carbocycles. The minimum Gasteiger partial charge on any atom is -0.469 e. The van der Waals surface area contributed by atoms with Gasteiger partial charge in [-0.2, -0.15) is 0 Å². The maximum absolute atomic E-state index is 13.4. The van der Waals surface area contributed by atoms with Gasteiger partial charge in [0.05, 0.1) is 17.5 Å². The van der Waals surface area contributed by atoms with Gasteiger partial charge in [-0.3, -0.25) is 4.79 Å². The van der Waals surface area contributed by atoms with Gasteiger partial charge < -0.3 is 15.5 Å². The summed E-state index contributed by atoms with van der Waals surface area (Å²) in [6.45, 7) is 1.66. The number of anilines is 2. The number of nitrogen functional groups attached to an aromatic ring is 1. The number of hydrogen-bond acceptors (Lipinski definition) is 3. The zero-order valence-electron chi connectivity index (χ0n) is 9.16. The van der Waals surface area contributed by atoms with Crippen molar-refractivity contribution in [3.05, 3.63) is 47.7 Å². The molecule has 0 spiro atoms. The van der Waals surface area contributed by atoms with Gasteiger partial charge >= 0.3 is 0 Å². The molecule has 0 aliphatic rings. The van der Waals surface area contributed by atoms with Crippen LogP contribution < -0.4 is 11.1 Å². The van der Waals surface area contributed by atoms with Crippen molar-refractivity contribution in [2.24, 2.45) is 0 Å². The molecule has 0 atom stereocenters. The number of rotatable bonds is 2. The monoisotopic (exact) mass is 234 g/mol. The van der Waals surface area contributed by atoms with Crippen molar-refractivity contribution in [2.75, 3.05) is 11.1 Å². The van der Waals surface area contributed by atoms with Crippen LogP contribution in [-0.4, -0.2) is 5.91 Å². The Bertz CT molecular complexity index is 563. The zero-order valence-corrected chi connectivity index (χ0v) is 9.16. The summed E-state index contributed by atoms with van der Waals surface area (Å²) >= 11 is 0. The summed E-state index contributed by atoms with van der Waals surface area (Å²) in [5.41, 5.74) is 6.31. The Morgan fingerprint density at radius 2 is 2.18 bits per heavy atom. The average molecular weight is 234 g/mol. The summed E-state index contributed by atoms with van der Waals surface area (Å²) in [7, 11) is 0. The van der Waals surface area contributed by atoms with E-state index in [2.05, 4.69) is 5.32 Å². The Labute approximate surface area is 97.2 Å². The number of benzene rings is 1. The van der Waals surface area contributed by atoms with Crippen LogP contribution in [0.4, 0.5) is 15.8 Å². The van der Waals surface area contributed by atoms with E-state index in [1.807, 2.05) is 0 Å². The highest BCUT2D eigenvalue weighted by atomic mass is 19.1. The fraction of sp³-hybridized carbons (Fsp3) is 0.0833. The van der Waals surface area contributed by atoms with Gasteiger partial charge in [-0.15, -0.1) is 0 Å². The molecule has 4 nitrogen and oxygen atoms in total. The number of amides is 1. The third-order valence-corrected chi connectivity index (χ3v) is 2.34. The van der Waals surface area contributed by atoms with Crippen molar-refractivity contribution in [2.45, 2.75) is 6.92 Å². The summed E-state index contributed by atoms with van der Waals surface area (Å²) in [4.78, 5) is 11.8. The van der Waals surface area contributed by atoms with E-state index in [1.165, 1.54) is 30.5 Å². The van der Waals surface area contributed by atoms with Crippen molar-refractivity contribution in [1.82, 2.24) is 0 Å². The molecule has 5 heteroatoms. The summed E-state index contributed by atoms with van der Waals surface area (Å²) < 4.78 is 18.4. The number of nitrogens with two attached hydrogens (primary N) is 1. The second-order valence-electron chi connectivity index (χ2n) is 3.58.